The van der Waals surface area contributed by atoms with Gasteiger partial charge in [-0.2, -0.15) is 0 Å². The number of halogens is 1. The van der Waals surface area contributed by atoms with Crippen molar-refractivity contribution < 1.29 is 4.74 Å². The van der Waals surface area contributed by atoms with Crippen molar-refractivity contribution in [3.05, 3.63) is 56.7 Å². The molecule has 0 radical (unpaired) electrons. The van der Waals surface area contributed by atoms with Gasteiger partial charge in [-0.25, -0.2) is 0 Å². The fourth-order valence-electron chi connectivity index (χ4n) is 3.42. The average molecular weight is 392 g/mol. The first-order valence-corrected chi connectivity index (χ1v) is 10.2. The number of nitrogens with zero attached hydrogens (tertiary/aromatic N) is 1. The van der Waals surface area contributed by atoms with Gasteiger partial charge in [0.2, 0.25) is 0 Å². The molecule has 1 fully saturated rings. The molecule has 3 rings (SSSR count). The third kappa shape index (κ3) is 4.40. The van der Waals surface area contributed by atoms with Gasteiger partial charge in [0.25, 0.3) is 0 Å². The molecule has 2 heterocycles. The van der Waals surface area contributed by atoms with Crippen LogP contribution in [0.25, 0.3) is 0 Å². The lowest BCUT2D eigenvalue weighted by molar-refractivity contribution is 0.0514. The van der Waals surface area contributed by atoms with E-state index < -0.39 is 0 Å². The van der Waals surface area contributed by atoms with Crippen molar-refractivity contribution in [3.8, 4) is 0 Å². The molecule has 0 aliphatic carbocycles. The largest absolute Gasteiger partial charge is 0.381 e. The van der Waals surface area contributed by atoms with Crippen molar-refractivity contribution in [1.82, 2.24) is 10.6 Å². The SMILES string of the molecule is CN=C(NCc1sccc1C)NCC1(c2ccccc2Cl)CCOCC1. The molecule has 4 nitrogen and oxygen atoms in total. The highest BCUT2D eigenvalue weighted by atomic mass is 35.5. The van der Waals surface area contributed by atoms with Crippen LogP contribution in [0.2, 0.25) is 5.02 Å². The van der Waals surface area contributed by atoms with Gasteiger partial charge in [0.1, 0.15) is 0 Å². The summed E-state index contributed by atoms with van der Waals surface area (Å²) in [4.78, 5) is 5.72. The number of nitrogens with one attached hydrogen (secondary N) is 2. The molecule has 26 heavy (non-hydrogen) atoms. The number of aryl methyl sites for hydroxylation is 1. The molecule has 2 N–H and O–H groups in total. The van der Waals surface area contributed by atoms with Crippen molar-refractivity contribution in [2.45, 2.75) is 31.7 Å². The summed E-state index contributed by atoms with van der Waals surface area (Å²) in [5.41, 5.74) is 2.48. The number of thiophene rings is 1. The van der Waals surface area contributed by atoms with Crippen LogP contribution in [0.1, 0.15) is 28.8 Å². The smallest absolute Gasteiger partial charge is 0.191 e. The van der Waals surface area contributed by atoms with Gasteiger partial charge < -0.3 is 15.4 Å². The van der Waals surface area contributed by atoms with Gasteiger partial charge in [0, 0.05) is 42.1 Å². The fraction of sp³-hybridized carbons (Fsp3) is 0.450. The topological polar surface area (TPSA) is 45.7 Å². The minimum Gasteiger partial charge on any atom is -0.381 e. The third-order valence-corrected chi connectivity index (χ3v) is 6.45. The second-order valence-electron chi connectivity index (χ2n) is 6.68. The summed E-state index contributed by atoms with van der Waals surface area (Å²) in [6.07, 6.45) is 1.90. The number of aliphatic imine (C=N–C) groups is 1. The molecule has 0 saturated carbocycles. The van der Waals surface area contributed by atoms with Crippen molar-refractivity contribution in [2.24, 2.45) is 4.99 Å². The van der Waals surface area contributed by atoms with Gasteiger partial charge in [-0.05, 0) is 48.4 Å². The number of hydrogen-bond acceptors (Lipinski definition) is 3. The Balaban J connectivity index is 1.69. The monoisotopic (exact) mass is 391 g/mol. The molecular formula is C20H26ClN3OS. The number of benzene rings is 1. The predicted octanol–water partition coefficient (Wildman–Crippen LogP) is 4.12. The summed E-state index contributed by atoms with van der Waals surface area (Å²) in [5, 5.41) is 9.89. The Kier molecular flexibility index (Phi) is 6.57. The van der Waals surface area contributed by atoms with Crippen LogP contribution in [0.3, 0.4) is 0 Å². The molecule has 0 amide bonds. The number of ether oxygens (including phenoxy) is 1. The van der Waals surface area contributed by atoms with E-state index in [9.17, 15) is 0 Å². The number of rotatable bonds is 5. The van der Waals surface area contributed by atoms with Crippen molar-refractivity contribution in [1.29, 1.82) is 0 Å². The summed E-state index contributed by atoms with van der Waals surface area (Å²) < 4.78 is 5.61. The predicted molar refractivity (Wildman–Crippen MR) is 110 cm³/mol. The normalized spacial score (nSPS) is 17.1. The van der Waals surface area contributed by atoms with E-state index in [0.717, 1.165) is 50.1 Å². The number of hydrogen-bond donors (Lipinski definition) is 2. The average Bonchev–Trinajstić information content (AvgIpc) is 3.08. The Hall–Kier alpha value is -1.56. The van der Waals surface area contributed by atoms with E-state index in [1.54, 1.807) is 11.3 Å². The molecule has 1 aliphatic rings. The minimum absolute atomic E-state index is 0.0347. The molecule has 2 aromatic rings. The van der Waals surface area contributed by atoms with Crippen LogP contribution >= 0.6 is 22.9 Å². The highest BCUT2D eigenvalue weighted by Crippen LogP contribution is 2.38. The van der Waals surface area contributed by atoms with Gasteiger partial charge in [-0.1, -0.05) is 29.8 Å². The summed E-state index contributed by atoms with van der Waals surface area (Å²) >= 11 is 8.30. The van der Waals surface area contributed by atoms with Crippen LogP contribution < -0.4 is 10.6 Å². The van der Waals surface area contributed by atoms with Crippen LogP contribution in [-0.4, -0.2) is 32.8 Å². The quantitative estimate of drug-likeness (QED) is 0.595. The molecule has 0 bridgehead atoms. The second-order valence-corrected chi connectivity index (χ2v) is 8.09. The van der Waals surface area contributed by atoms with Crippen molar-refractivity contribution in [3.63, 3.8) is 0 Å². The molecule has 0 spiro atoms. The van der Waals surface area contributed by atoms with Gasteiger partial charge in [0.05, 0.1) is 6.54 Å². The van der Waals surface area contributed by atoms with E-state index in [4.69, 9.17) is 16.3 Å². The van der Waals surface area contributed by atoms with E-state index in [1.165, 1.54) is 16.0 Å². The lowest BCUT2D eigenvalue weighted by atomic mass is 9.74. The zero-order valence-electron chi connectivity index (χ0n) is 15.3. The van der Waals surface area contributed by atoms with Crippen LogP contribution in [-0.2, 0) is 16.7 Å². The standard InChI is InChI=1S/C20H26ClN3OS/c1-15-7-12-26-18(15)13-23-19(22-2)24-14-20(8-10-25-11-9-20)16-5-3-4-6-17(16)21/h3-7,12H,8-11,13-14H2,1-2H3,(H2,22,23,24). The maximum absolute atomic E-state index is 6.53. The third-order valence-electron chi connectivity index (χ3n) is 5.10. The van der Waals surface area contributed by atoms with E-state index in [1.807, 2.05) is 19.2 Å². The Morgan fingerprint density at radius 1 is 1.23 bits per heavy atom. The van der Waals surface area contributed by atoms with E-state index in [0.29, 0.717) is 0 Å². The van der Waals surface area contributed by atoms with E-state index in [2.05, 4.69) is 46.1 Å². The van der Waals surface area contributed by atoms with E-state index in [-0.39, 0.29) is 5.41 Å². The van der Waals surface area contributed by atoms with Crippen molar-refractivity contribution >= 4 is 28.9 Å². The van der Waals surface area contributed by atoms with Crippen LogP contribution in [0, 0.1) is 6.92 Å². The van der Waals surface area contributed by atoms with Crippen LogP contribution in [0.4, 0.5) is 0 Å². The highest BCUT2D eigenvalue weighted by Gasteiger charge is 2.36. The molecule has 1 aliphatic heterocycles. The van der Waals surface area contributed by atoms with Gasteiger partial charge in [-0.15, -0.1) is 11.3 Å². The minimum atomic E-state index is -0.0347. The lowest BCUT2D eigenvalue weighted by Gasteiger charge is -2.38. The highest BCUT2D eigenvalue weighted by molar-refractivity contribution is 7.10. The van der Waals surface area contributed by atoms with Gasteiger partial charge in [0.15, 0.2) is 5.96 Å². The number of guanidine groups is 1. The summed E-state index contributed by atoms with van der Waals surface area (Å²) in [6.45, 7) is 5.22. The van der Waals surface area contributed by atoms with Gasteiger partial charge in [-0.3, -0.25) is 4.99 Å². The lowest BCUT2D eigenvalue weighted by Crippen LogP contribution is -2.48. The molecule has 140 valence electrons. The maximum Gasteiger partial charge on any atom is 0.191 e. The second kappa shape index (κ2) is 8.89. The first kappa shape index (κ1) is 19.2. The summed E-state index contributed by atoms with van der Waals surface area (Å²) in [7, 11) is 1.81. The summed E-state index contributed by atoms with van der Waals surface area (Å²) in [5.74, 6) is 0.815. The zero-order chi connectivity index (χ0) is 18.4. The summed E-state index contributed by atoms with van der Waals surface area (Å²) in [6, 6.07) is 10.3. The van der Waals surface area contributed by atoms with Crippen LogP contribution in [0.15, 0.2) is 40.7 Å². The zero-order valence-corrected chi connectivity index (χ0v) is 16.9. The van der Waals surface area contributed by atoms with Crippen molar-refractivity contribution in [2.75, 3.05) is 26.8 Å². The Bertz CT molecular complexity index is 753. The Morgan fingerprint density at radius 2 is 2.00 bits per heavy atom. The molecule has 0 unspecified atom stereocenters. The Labute approximate surface area is 164 Å². The molecule has 1 aromatic carbocycles. The fourth-order valence-corrected chi connectivity index (χ4v) is 4.60. The maximum atomic E-state index is 6.53. The molecule has 0 atom stereocenters. The molecule has 1 aromatic heterocycles. The Morgan fingerprint density at radius 3 is 2.65 bits per heavy atom. The molecular weight excluding hydrogens is 366 g/mol. The first-order chi connectivity index (χ1) is 12.6. The van der Waals surface area contributed by atoms with Gasteiger partial charge >= 0.3 is 0 Å². The van der Waals surface area contributed by atoms with Crippen LogP contribution in [0.5, 0.6) is 0 Å². The molecule has 1 saturated heterocycles. The van der Waals surface area contributed by atoms with E-state index >= 15 is 0 Å². The first-order valence-electron chi connectivity index (χ1n) is 8.95. The molecule has 6 heteroatoms.